The fourth-order valence-electron chi connectivity index (χ4n) is 3.34. The third-order valence-electron chi connectivity index (χ3n) is 4.23. The fourth-order valence-corrected chi connectivity index (χ4v) is 3.34. The van der Waals surface area contributed by atoms with Gasteiger partial charge in [0.25, 0.3) is 0 Å². The van der Waals surface area contributed by atoms with Gasteiger partial charge in [-0.3, -0.25) is 4.84 Å². The monoisotopic (exact) mass is 251 g/mol. The SMILES string of the molecule is c1ccc([C@@H]2CC3C[C@@H](c4ccccc4)N2O3)cc1. The molecule has 2 nitrogen and oxygen atoms in total. The molecule has 0 unspecified atom stereocenters. The molecule has 2 aliphatic rings. The summed E-state index contributed by atoms with van der Waals surface area (Å²) in [6.45, 7) is 0. The maximum atomic E-state index is 6.04. The molecule has 2 aliphatic heterocycles. The van der Waals surface area contributed by atoms with Gasteiger partial charge in [0, 0.05) is 0 Å². The Bertz CT molecular complexity index is 504. The van der Waals surface area contributed by atoms with Crippen LogP contribution in [0.3, 0.4) is 0 Å². The quantitative estimate of drug-likeness (QED) is 0.803. The highest BCUT2D eigenvalue weighted by Gasteiger charge is 2.46. The van der Waals surface area contributed by atoms with Gasteiger partial charge in [0.1, 0.15) is 0 Å². The molecule has 0 N–H and O–H groups in total. The molecular weight excluding hydrogens is 234 g/mol. The Kier molecular flexibility index (Phi) is 2.64. The van der Waals surface area contributed by atoms with Gasteiger partial charge >= 0.3 is 0 Å². The van der Waals surface area contributed by atoms with Crippen LogP contribution in [0.2, 0.25) is 0 Å². The number of nitrogens with zero attached hydrogens (tertiary/aromatic N) is 1. The first kappa shape index (κ1) is 11.2. The van der Waals surface area contributed by atoms with Crippen LogP contribution in [-0.2, 0) is 4.84 Å². The maximum Gasteiger partial charge on any atom is 0.0832 e. The van der Waals surface area contributed by atoms with Crippen molar-refractivity contribution in [3.63, 3.8) is 0 Å². The van der Waals surface area contributed by atoms with E-state index in [0.29, 0.717) is 18.2 Å². The van der Waals surface area contributed by atoms with E-state index in [0.717, 1.165) is 12.8 Å². The third-order valence-corrected chi connectivity index (χ3v) is 4.23. The van der Waals surface area contributed by atoms with Gasteiger partial charge in [0.2, 0.25) is 0 Å². The van der Waals surface area contributed by atoms with E-state index < -0.39 is 0 Å². The van der Waals surface area contributed by atoms with Crippen molar-refractivity contribution in [3.8, 4) is 0 Å². The molecule has 2 heterocycles. The summed E-state index contributed by atoms with van der Waals surface area (Å²) in [5.74, 6) is 0. The average molecular weight is 251 g/mol. The van der Waals surface area contributed by atoms with E-state index in [9.17, 15) is 0 Å². The molecule has 0 amide bonds. The van der Waals surface area contributed by atoms with Gasteiger partial charge in [0.15, 0.2) is 0 Å². The Morgan fingerprint density at radius 2 is 1.21 bits per heavy atom. The summed E-state index contributed by atoms with van der Waals surface area (Å²) in [6.07, 6.45) is 2.62. The summed E-state index contributed by atoms with van der Waals surface area (Å²) in [5.41, 5.74) is 2.73. The number of fused-ring (bicyclic) bond motifs is 2. The molecular formula is C17H17NO. The van der Waals surface area contributed by atoms with Gasteiger partial charge in [-0.15, -0.1) is 0 Å². The highest BCUT2D eigenvalue weighted by atomic mass is 16.7. The second kappa shape index (κ2) is 4.48. The van der Waals surface area contributed by atoms with Crippen molar-refractivity contribution in [1.29, 1.82) is 0 Å². The molecule has 2 aromatic rings. The molecule has 2 aromatic carbocycles. The molecule has 2 atom stereocenters. The number of piperidine rings is 1. The van der Waals surface area contributed by atoms with Crippen LogP contribution in [0, 0.1) is 0 Å². The van der Waals surface area contributed by atoms with Gasteiger partial charge in [0.05, 0.1) is 18.2 Å². The molecule has 0 aliphatic carbocycles. The lowest BCUT2D eigenvalue weighted by atomic mass is 9.90. The average Bonchev–Trinajstić information content (AvgIpc) is 3.09. The second-order valence-corrected chi connectivity index (χ2v) is 5.41. The highest BCUT2D eigenvalue weighted by Crippen LogP contribution is 2.49. The van der Waals surface area contributed by atoms with Crippen molar-refractivity contribution >= 4 is 0 Å². The van der Waals surface area contributed by atoms with E-state index in [2.05, 4.69) is 65.7 Å². The molecule has 0 spiro atoms. The smallest absolute Gasteiger partial charge is 0.0832 e. The van der Waals surface area contributed by atoms with E-state index in [1.54, 1.807) is 0 Å². The van der Waals surface area contributed by atoms with Crippen LogP contribution < -0.4 is 0 Å². The summed E-state index contributed by atoms with van der Waals surface area (Å²) < 4.78 is 0. The topological polar surface area (TPSA) is 12.5 Å². The minimum absolute atomic E-state index is 0.385. The Labute approximate surface area is 113 Å². The van der Waals surface area contributed by atoms with Crippen molar-refractivity contribution < 1.29 is 4.84 Å². The van der Waals surface area contributed by atoms with Crippen LogP contribution in [-0.4, -0.2) is 11.2 Å². The molecule has 0 saturated carbocycles. The molecule has 2 bridgehead atoms. The first-order chi connectivity index (χ1) is 9.42. The lowest BCUT2D eigenvalue weighted by molar-refractivity contribution is -0.136. The van der Waals surface area contributed by atoms with Gasteiger partial charge in [-0.05, 0) is 24.0 Å². The zero-order valence-corrected chi connectivity index (χ0v) is 10.8. The predicted molar refractivity (Wildman–Crippen MR) is 74.3 cm³/mol. The predicted octanol–water partition coefficient (Wildman–Crippen LogP) is 3.88. The number of benzene rings is 2. The molecule has 2 saturated heterocycles. The van der Waals surface area contributed by atoms with Gasteiger partial charge in [-0.25, -0.2) is 0 Å². The lowest BCUT2D eigenvalue weighted by Gasteiger charge is -2.29. The zero-order chi connectivity index (χ0) is 12.7. The molecule has 4 rings (SSSR count). The summed E-state index contributed by atoms with van der Waals surface area (Å²) in [7, 11) is 0. The Morgan fingerprint density at radius 1 is 0.737 bits per heavy atom. The molecule has 19 heavy (non-hydrogen) atoms. The fraction of sp³-hybridized carbons (Fsp3) is 0.294. The summed E-state index contributed by atoms with van der Waals surface area (Å²) in [5, 5.41) is 2.22. The summed E-state index contributed by atoms with van der Waals surface area (Å²) in [4.78, 5) is 6.04. The number of rotatable bonds is 2. The Hall–Kier alpha value is -1.64. The minimum Gasteiger partial charge on any atom is -0.294 e. The van der Waals surface area contributed by atoms with Crippen LogP contribution in [0.5, 0.6) is 0 Å². The van der Waals surface area contributed by atoms with E-state index in [1.165, 1.54) is 11.1 Å². The van der Waals surface area contributed by atoms with Crippen LogP contribution in [0.25, 0.3) is 0 Å². The van der Waals surface area contributed by atoms with Crippen molar-refractivity contribution in [1.82, 2.24) is 5.06 Å². The van der Waals surface area contributed by atoms with Crippen LogP contribution in [0.4, 0.5) is 0 Å². The molecule has 2 fully saturated rings. The maximum absolute atomic E-state index is 6.04. The molecule has 96 valence electrons. The Morgan fingerprint density at radius 3 is 1.63 bits per heavy atom. The van der Waals surface area contributed by atoms with Gasteiger partial charge in [-0.2, -0.15) is 5.06 Å². The molecule has 0 radical (unpaired) electrons. The first-order valence-corrected chi connectivity index (χ1v) is 6.97. The lowest BCUT2D eigenvalue weighted by Crippen LogP contribution is -2.26. The number of hydrogen-bond donors (Lipinski definition) is 0. The largest absolute Gasteiger partial charge is 0.294 e. The Balaban J connectivity index is 1.65. The third kappa shape index (κ3) is 1.88. The van der Waals surface area contributed by atoms with Crippen molar-refractivity contribution in [2.75, 3.05) is 0 Å². The van der Waals surface area contributed by atoms with Crippen molar-refractivity contribution in [2.45, 2.75) is 31.0 Å². The number of hydrogen-bond acceptors (Lipinski definition) is 2. The second-order valence-electron chi connectivity index (χ2n) is 5.41. The number of hydroxylamine groups is 2. The molecule has 2 heteroatoms. The normalized spacial score (nSPS) is 32.6. The van der Waals surface area contributed by atoms with Gasteiger partial charge < -0.3 is 0 Å². The van der Waals surface area contributed by atoms with Crippen molar-refractivity contribution in [3.05, 3.63) is 71.8 Å². The van der Waals surface area contributed by atoms with E-state index >= 15 is 0 Å². The summed E-state index contributed by atoms with van der Waals surface area (Å²) >= 11 is 0. The molecule has 0 aromatic heterocycles. The first-order valence-electron chi connectivity index (χ1n) is 6.97. The van der Waals surface area contributed by atoms with Crippen LogP contribution in [0.1, 0.15) is 36.1 Å². The minimum atomic E-state index is 0.385. The van der Waals surface area contributed by atoms with Crippen LogP contribution >= 0.6 is 0 Å². The standard InChI is InChI=1S/C17H17NO/c1-3-7-13(8-4-1)16-11-15-12-17(18(16)19-15)14-9-5-2-6-10-14/h1-10,15-17H,11-12H2/t16-,17-/m0/s1. The summed E-state index contributed by atoms with van der Waals surface area (Å²) in [6, 6.07) is 22.2. The van der Waals surface area contributed by atoms with Gasteiger partial charge in [-0.1, -0.05) is 60.7 Å². The van der Waals surface area contributed by atoms with E-state index in [-0.39, 0.29) is 0 Å². The van der Waals surface area contributed by atoms with Crippen LogP contribution in [0.15, 0.2) is 60.7 Å². The highest BCUT2D eigenvalue weighted by molar-refractivity contribution is 5.25. The van der Waals surface area contributed by atoms with E-state index in [4.69, 9.17) is 4.84 Å². The van der Waals surface area contributed by atoms with E-state index in [1.807, 2.05) is 0 Å². The zero-order valence-electron chi connectivity index (χ0n) is 10.8. The van der Waals surface area contributed by atoms with Crippen molar-refractivity contribution in [2.24, 2.45) is 0 Å².